The molecule has 3 N–H and O–H groups in total. The van der Waals surface area contributed by atoms with Crippen LogP contribution in [0.3, 0.4) is 0 Å². The normalized spacial score (nSPS) is 21.5. The Morgan fingerprint density at radius 2 is 1.16 bits per heavy atom. The minimum Gasteiger partial charge on any atom is -0.497 e. The third-order valence-electron chi connectivity index (χ3n) is 12.4. The molecule has 0 saturated carbocycles. The summed E-state index contributed by atoms with van der Waals surface area (Å²) in [5.41, 5.74) is -0.559. The number of nitrogens with zero attached hydrogens (tertiary/aromatic N) is 2. The average molecular weight is 899 g/mol. The summed E-state index contributed by atoms with van der Waals surface area (Å²) < 4.78 is 48.3. The van der Waals surface area contributed by atoms with Crippen LogP contribution in [0, 0.1) is 13.8 Å². The molecule has 5 aromatic rings. The molecule has 6 atom stereocenters. The zero-order chi connectivity index (χ0) is 45.9. The Balaban J connectivity index is 1.25. The van der Waals surface area contributed by atoms with Crippen LogP contribution in [0.25, 0.3) is 0 Å². The van der Waals surface area contributed by atoms with Crippen molar-refractivity contribution >= 4 is 8.56 Å². The van der Waals surface area contributed by atoms with Gasteiger partial charge in [-0.1, -0.05) is 82.3 Å². The number of hydrogen-bond acceptors (Lipinski definition) is 12. The van der Waals surface area contributed by atoms with E-state index in [-0.39, 0.29) is 37.1 Å². The summed E-state index contributed by atoms with van der Waals surface area (Å²) in [6.45, 7) is 11.3. The maximum atomic E-state index is 13.4. The Labute approximate surface area is 371 Å². The zero-order valence-electron chi connectivity index (χ0n) is 37.4. The highest BCUT2D eigenvalue weighted by molar-refractivity contribution is 6.70. The molecule has 0 amide bonds. The minimum absolute atomic E-state index is 0.0225. The topological polar surface area (TPSA) is 195 Å². The van der Waals surface area contributed by atoms with Crippen molar-refractivity contribution < 1.29 is 37.6 Å². The van der Waals surface area contributed by atoms with Gasteiger partial charge in [0.25, 0.3) is 11.1 Å². The molecule has 7 rings (SSSR count). The largest absolute Gasteiger partial charge is 0.497 e. The Hall–Kier alpha value is -5.40. The number of aliphatic hydroxyl groups excluding tert-OH is 1. The molecule has 0 aliphatic carbocycles. The lowest BCUT2D eigenvalue weighted by molar-refractivity contribution is -0.0971. The first kappa shape index (κ1) is 46.6. The molecule has 2 fully saturated rings. The van der Waals surface area contributed by atoms with E-state index in [1.807, 2.05) is 107 Å². The van der Waals surface area contributed by atoms with Gasteiger partial charge in [0, 0.05) is 36.4 Å². The molecular weight excluding hydrogens is 841 g/mol. The summed E-state index contributed by atoms with van der Waals surface area (Å²) in [5.74, 6) is 1.35. The van der Waals surface area contributed by atoms with Crippen LogP contribution in [-0.4, -0.2) is 84.6 Å². The molecule has 4 heterocycles. The Morgan fingerprint density at radius 1 is 0.688 bits per heavy atom. The molecule has 0 radical (unpaired) electrons. The number of aliphatic hydroxyl groups is 1. The van der Waals surface area contributed by atoms with Crippen LogP contribution in [0.15, 0.2) is 110 Å². The number of aromatic amines is 2. The van der Waals surface area contributed by atoms with E-state index >= 15 is 0 Å². The second kappa shape index (κ2) is 19.4. The van der Waals surface area contributed by atoms with Crippen LogP contribution in [-0.2, 0) is 28.7 Å². The van der Waals surface area contributed by atoms with E-state index in [4.69, 9.17) is 32.5 Å². The SMILES string of the molecule is COc1ccc(C(OC[C@H]2O[C@@H](n3cc(C)c(=O)[nH]c3=O)C[C@@H]2O[Si](OC[C@H]2O[C@@H](n3cc(C)c(=O)[nH]c3=O)C[C@@H]2O)(C(C)C)C(C)C)(c2ccccc2)c2ccc(OC)cc2)cc1. The summed E-state index contributed by atoms with van der Waals surface area (Å²) in [7, 11) is -0.125. The van der Waals surface area contributed by atoms with Gasteiger partial charge in [-0.25, -0.2) is 9.59 Å². The Bertz CT molecular complexity index is 2550. The van der Waals surface area contributed by atoms with Gasteiger partial charge in [-0.2, -0.15) is 0 Å². The highest BCUT2D eigenvalue weighted by Crippen LogP contribution is 2.45. The summed E-state index contributed by atoms with van der Waals surface area (Å²) in [6.07, 6.45) is -1.70. The summed E-state index contributed by atoms with van der Waals surface area (Å²) >= 11 is 0. The van der Waals surface area contributed by atoms with Gasteiger partial charge >= 0.3 is 19.9 Å². The molecule has 17 heteroatoms. The lowest BCUT2D eigenvalue weighted by Crippen LogP contribution is -2.54. The predicted molar refractivity (Wildman–Crippen MR) is 240 cm³/mol. The minimum atomic E-state index is -3.35. The highest BCUT2D eigenvalue weighted by Gasteiger charge is 2.52. The first-order chi connectivity index (χ1) is 30.6. The summed E-state index contributed by atoms with van der Waals surface area (Å²) in [4.78, 5) is 55.4. The van der Waals surface area contributed by atoms with Crippen LogP contribution in [0.4, 0.5) is 0 Å². The van der Waals surface area contributed by atoms with Gasteiger partial charge in [0.2, 0.25) is 0 Å². The molecule has 0 bridgehead atoms. The molecular formula is C47H58N4O12Si. The van der Waals surface area contributed by atoms with Crippen molar-refractivity contribution in [3.8, 4) is 11.5 Å². The van der Waals surface area contributed by atoms with Crippen LogP contribution < -0.4 is 32.0 Å². The zero-order valence-corrected chi connectivity index (χ0v) is 38.4. The van der Waals surface area contributed by atoms with Crippen LogP contribution in [0.1, 0.15) is 80.8 Å². The average Bonchev–Trinajstić information content (AvgIpc) is 3.87. The number of nitrogens with one attached hydrogen (secondary N) is 2. The van der Waals surface area contributed by atoms with Crippen molar-refractivity contribution in [3.05, 3.63) is 161 Å². The number of ether oxygens (including phenoxy) is 5. The molecule has 0 spiro atoms. The van der Waals surface area contributed by atoms with E-state index < -0.39 is 73.5 Å². The van der Waals surface area contributed by atoms with Crippen molar-refractivity contribution in [2.24, 2.45) is 0 Å². The van der Waals surface area contributed by atoms with Gasteiger partial charge in [-0.05, 0) is 65.9 Å². The third-order valence-corrected chi connectivity index (χ3v) is 16.9. The summed E-state index contributed by atoms with van der Waals surface area (Å²) in [5, 5.41) is 11.2. The maximum Gasteiger partial charge on any atom is 0.343 e. The number of methoxy groups -OCH3 is 2. The lowest BCUT2D eigenvalue weighted by Gasteiger charge is -2.41. The highest BCUT2D eigenvalue weighted by atomic mass is 28.4. The van der Waals surface area contributed by atoms with Crippen LogP contribution >= 0.6 is 0 Å². The number of aryl methyl sites for hydroxylation is 2. The van der Waals surface area contributed by atoms with E-state index in [1.54, 1.807) is 28.1 Å². The second-order valence-corrected chi connectivity index (χ2v) is 21.3. The van der Waals surface area contributed by atoms with Crippen molar-refractivity contribution in [2.45, 2.75) is 108 Å². The standard InChI is InChI=1S/C47H58N4O12Si/c1-28(2)64(29(3)4,60-27-39-37(52)22-41(61-39)50-24-30(5)43(53)48-45(50)55)63-38-23-42(51-25-31(6)44(54)49-46(51)56)62-40(38)26-59-47(32-12-10-9-11-13-32,33-14-18-35(57-7)19-15-33)34-16-20-36(58-8)21-17-34/h9-21,24-25,28-29,37-42,52H,22-23,26-27H2,1-8H3,(H,48,53,55)(H,49,54,56)/t37-,38-,39+,40+,41+,42+/m0/s1. The number of benzene rings is 3. The van der Waals surface area contributed by atoms with Crippen molar-refractivity contribution in [1.29, 1.82) is 0 Å². The molecule has 16 nitrogen and oxygen atoms in total. The first-order valence-corrected chi connectivity index (χ1v) is 23.5. The first-order valence-electron chi connectivity index (χ1n) is 21.5. The van der Waals surface area contributed by atoms with E-state index in [9.17, 15) is 24.3 Å². The number of aromatic nitrogens is 4. The van der Waals surface area contributed by atoms with Gasteiger partial charge in [-0.3, -0.25) is 28.7 Å². The molecule has 342 valence electrons. The van der Waals surface area contributed by atoms with E-state index in [0.29, 0.717) is 22.6 Å². The fourth-order valence-electron chi connectivity index (χ4n) is 8.82. The molecule has 2 aliphatic rings. The molecule has 0 unspecified atom stereocenters. The molecule has 2 aromatic heterocycles. The monoisotopic (exact) mass is 898 g/mol. The third kappa shape index (κ3) is 9.24. The fourth-order valence-corrected chi connectivity index (χ4v) is 12.6. The fraction of sp³-hybridized carbons (Fsp3) is 0.447. The molecule has 3 aromatic carbocycles. The van der Waals surface area contributed by atoms with Crippen LogP contribution in [0.2, 0.25) is 11.1 Å². The molecule has 2 aliphatic heterocycles. The van der Waals surface area contributed by atoms with Gasteiger partial charge in [-0.15, -0.1) is 0 Å². The number of rotatable bonds is 17. The van der Waals surface area contributed by atoms with Crippen molar-refractivity contribution in [1.82, 2.24) is 19.1 Å². The van der Waals surface area contributed by atoms with Gasteiger partial charge in [0.1, 0.15) is 41.8 Å². The molecule has 64 heavy (non-hydrogen) atoms. The second-order valence-electron chi connectivity index (χ2n) is 17.1. The maximum absolute atomic E-state index is 13.4. The van der Waals surface area contributed by atoms with Gasteiger partial charge < -0.3 is 37.6 Å². The number of H-pyrrole nitrogens is 2. The van der Waals surface area contributed by atoms with Gasteiger partial charge in [0.05, 0.1) is 39.6 Å². The van der Waals surface area contributed by atoms with E-state index in [2.05, 4.69) is 9.97 Å². The van der Waals surface area contributed by atoms with E-state index in [0.717, 1.165) is 16.7 Å². The quantitative estimate of drug-likeness (QED) is 0.0804. The van der Waals surface area contributed by atoms with E-state index in [1.165, 1.54) is 21.5 Å². The Kier molecular flexibility index (Phi) is 14.1. The number of hydrogen-bond donors (Lipinski definition) is 3. The lowest BCUT2D eigenvalue weighted by atomic mass is 9.80. The van der Waals surface area contributed by atoms with Crippen LogP contribution in [0.5, 0.6) is 11.5 Å². The molecule has 2 saturated heterocycles. The summed E-state index contributed by atoms with van der Waals surface area (Å²) in [6, 6.07) is 25.3. The van der Waals surface area contributed by atoms with Crippen molar-refractivity contribution in [3.63, 3.8) is 0 Å². The van der Waals surface area contributed by atoms with Crippen molar-refractivity contribution in [2.75, 3.05) is 27.4 Å². The predicted octanol–water partition coefficient (Wildman–Crippen LogP) is 5.33. The van der Waals surface area contributed by atoms with Gasteiger partial charge in [0.15, 0.2) is 0 Å². The smallest absolute Gasteiger partial charge is 0.343 e. The Morgan fingerprint density at radius 3 is 1.64 bits per heavy atom.